The number of nitrogens with zero attached hydrogens (tertiary/aromatic N) is 3. The molecule has 0 unspecified atom stereocenters. The van der Waals surface area contributed by atoms with Gasteiger partial charge in [0.15, 0.2) is 11.5 Å². The molecule has 1 aliphatic carbocycles. The Labute approximate surface area is 186 Å². The Morgan fingerprint density at radius 1 is 1.00 bits per heavy atom. The number of thioether (sulfide) groups is 1. The lowest BCUT2D eigenvalue weighted by atomic mass is 9.89. The molecule has 31 heavy (non-hydrogen) atoms. The molecule has 8 heteroatoms. The highest BCUT2D eigenvalue weighted by atomic mass is 32.2. The molecule has 7 nitrogen and oxygen atoms in total. The molecule has 0 spiro atoms. The van der Waals surface area contributed by atoms with E-state index < -0.39 is 0 Å². The second kappa shape index (κ2) is 10.4. The summed E-state index contributed by atoms with van der Waals surface area (Å²) >= 11 is 1.39. The molecule has 0 radical (unpaired) electrons. The number of pyridine rings is 1. The summed E-state index contributed by atoms with van der Waals surface area (Å²) in [6.45, 7) is 1.03. The first kappa shape index (κ1) is 21.4. The molecule has 4 rings (SSSR count). The number of fused-ring (bicyclic) bond motifs is 1. The molecule has 1 aromatic carbocycles. The van der Waals surface area contributed by atoms with Crippen molar-refractivity contribution in [3.63, 3.8) is 0 Å². The van der Waals surface area contributed by atoms with Crippen LogP contribution in [0.3, 0.4) is 0 Å². The third kappa shape index (κ3) is 5.64. The fourth-order valence-corrected chi connectivity index (χ4v) is 4.77. The molecule has 3 aromatic rings. The minimum atomic E-state index is -0.196. The predicted octanol–water partition coefficient (Wildman–Crippen LogP) is 3.45. The third-order valence-corrected chi connectivity index (χ3v) is 6.67. The van der Waals surface area contributed by atoms with Gasteiger partial charge in [0.25, 0.3) is 5.91 Å². The molecule has 2 heterocycles. The van der Waals surface area contributed by atoms with Crippen molar-refractivity contribution in [2.24, 2.45) is 5.92 Å². The van der Waals surface area contributed by atoms with E-state index in [2.05, 4.69) is 20.8 Å². The quantitative estimate of drug-likeness (QED) is 0.527. The summed E-state index contributed by atoms with van der Waals surface area (Å²) in [5.41, 5.74) is 1.29. The zero-order valence-corrected chi connectivity index (χ0v) is 18.2. The van der Waals surface area contributed by atoms with E-state index in [1.54, 1.807) is 6.07 Å². The van der Waals surface area contributed by atoms with Gasteiger partial charge >= 0.3 is 0 Å². The van der Waals surface area contributed by atoms with Crippen LogP contribution in [0, 0.1) is 5.92 Å². The number of carbonyl (C=O) groups excluding carboxylic acids is 2. The van der Waals surface area contributed by atoms with Gasteiger partial charge in [-0.2, -0.15) is 0 Å². The van der Waals surface area contributed by atoms with Crippen molar-refractivity contribution in [3.05, 3.63) is 60.0 Å². The Bertz CT molecular complexity index is 1050. The highest BCUT2D eigenvalue weighted by Crippen LogP contribution is 2.24. The summed E-state index contributed by atoms with van der Waals surface area (Å²) in [6.07, 6.45) is 8.12. The molecule has 162 valence electrons. The van der Waals surface area contributed by atoms with E-state index in [0.29, 0.717) is 23.1 Å². The fourth-order valence-electron chi connectivity index (χ4n) is 3.89. The first-order chi connectivity index (χ1) is 15.2. The van der Waals surface area contributed by atoms with Gasteiger partial charge in [0.05, 0.1) is 17.9 Å². The molecular weight excluding hydrogens is 410 g/mol. The fraction of sp³-hybridized carbons (Fsp3) is 0.391. The number of aromatic nitrogens is 3. The number of carbonyl (C=O) groups is 2. The largest absolute Gasteiger partial charge is 0.355 e. The molecule has 0 aliphatic heterocycles. The standard InChI is InChI=1S/C23H27N5O2S/c29-22(24-14-17-8-2-1-3-9-17)16-31-19-11-5-4-10-18(19)23(30)25-15-21-27-26-20-12-6-7-13-28(20)21/h4-7,10-13,17H,1-3,8-9,14-16H2,(H,24,29)(H,25,30). The van der Waals surface area contributed by atoms with Crippen LogP contribution in [0.4, 0.5) is 0 Å². The molecule has 2 amide bonds. The van der Waals surface area contributed by atoms with Gasteiger partial charge in [-0.3, -0.25) is 14.0 Å². The summed E-state index contributed by atoms with van der Waals surface area (Å²) in [4.78, 5) is 25.9. The normalized spacial score (nSPS) is 14.5. The zero-order chi connectivity index (χ0) is 21.5. The SMILES string of the molecule is O=C(CSc1ccccc1C(=O)NCc1nnc2ccccn12)NCC1CCCCC1. The number of rotatable bonds is 8. The maximum Gasteiger partial charge on any atom is 0.252 e. The zero-order valence-electron chi connectivity index (χ0n) is 17.4. The van der Waals surface area contributed by atoms with E-state index in [1.807, 2.05) is 47.0 Å². The smallest absolute Gasteiger partial charge is 0.252 e. The van der Waals surface area contributed by atoms with Crippen molar-refractivity contribution in [2.75, 3.05) is 12.3 Å². The van der Waals surface area contributed by atoms with Crippen molar-refractivity contribution in [2.45, 2.75) is 43.5 Å². The van der Waals surface area contributed by atoms with Gasteiger partial charge in [0.1, 0.15) is 0 Å². The van der Waals surface area contributed by atoms with Crippen molar-refractivity contribution in [1.29, 1.82) is 0 Å². The van der Waals surface area contributed by atoms with Crippen molar-refractivity contribution < 1.29 is 9.59 Å². The van der Waals surface area contributed by atoms with E-state index in [-0.39, 0.29) is 18.4 Å². The van der Waals surface area contributed by atoms with Gasteiger partial charge in [-0.05, 0) is 43.0 Å². The van der Waals surface area contributed by atoms with Gasteiger partial charge < -0.3 is 10.6 Å². The van der Waals surface area contributed by atoms with Crippen LogP contribution < -0.4 is 10.6 Å². The Morgan fingerprint density at radius 3 is 2.68 bits per heavy atom. The molecule has 0 saturated heterocycles. The maximum atomic E-state index is 12.8. The average Bonchev–Trinajstić information content (AvgIpc) is 3.24. The maximum absolute atomic E-state index is 12.8. The van der Waals surface area contributed by atoms with E-state index in [4.69, 9.17) is 0 Å². The number of nitrogens with one attached hydrogen (secondary N) is 2. The van der Waals surface area contributed by atoms with E-state index >= 15 is 0 Å². The van der Waals surface area contributed by atoms with Gasteiger partial charge in [-0.15, -0.1) is 22.0 Å². The highest BCUT2D eigenvalue weighted by Gasteiger charge is 2.16. The highest BCUT2D eigenvalue weighted by molar-refractivity contribution is 8.00. The summed E-state index contributed by atoms with van der Waals surface area (Å²) in [6, 6.07) is 13.0. The minimum Gasteiger partial charge on any atom is -0.355 e. The van der Waals surface area contributed by atoms with Crippen molar-refractivity contribution in [3.8, 4) is 0 Å². The third-order valence-electron chi connectivity index (χ3n) is 5.59. The first-order valence-corrected chi connectivity index (χ1v) is 11.7. The van der Waals surface area contributed by atoms with Crippen LogP contribution >= 0.6 is 11.8 Å². The van der Waals surface area contributed by atoms with Crippen LogP contribution in [0.2, 0.25) is 0 Å². The molecular formula is C23H27N5O2S. The van der Waals surface area contributed by atoms with Crippen LogP contribution in [0.25, 0.3) is 5.65 Å². The minimum absolute atomic E-state index is 0.0146. The van der Waals surface area contributed by atoms with Crippen LogP contribution in [0.15, 0.2) is 53.6 Å². The molecule has 0 bridgehead atoms. The average molecular weight is 438 g/mol. The second-order valence-corrected chi connectivity index (χ2v) is 8.84. The lowest BCUT2D eigenvalue weighted by Gasteiger charge is -2.21. The van der Waals surface area contributed by atoms with Crippen LogP contribution in [0.5, 0.6) is 0 Å². The monoisotopic (exact) mass is 437 g/mol. The van der Waals surface area contributed by atoms with Crippen molar-refractivity contribution >= 4 is 29.2 Å². The van der Waals surface area contributed by atoms with Gasteiger partial charge in [-0.1, -0.05) is 37.5 Å². The van der Waals surface area contributed by atoms with Gasteiger partial charge in [0, 0.05) is 17.6 Å². The van der Waals surface area contributed by atoms with Crippen LogP contribution in [-0.4, -0.2) is 38.7 Å². The topological polar surface area (TPSA) is 88.4 Å². The molecule has 1 saturated carbocycles. The summed E-state index contributed by atoms with van der Waals surface area (Å²) in [5, 5.41) is 14.2. The number of benzene rings is 1. The summed E-state index contributed by atoms with van der Waals surface area (Å²) in [7, 11) is 0. The lowest BCUT2D eigenvalue weighted by Crippen LogP contribution is -2.31. The van der Waals surface area contributed by atoms with Crippen LogP contribution in [-0.2, 0) is 11.3 Å². The molecule has 0 atom stereocenters. The lowest BCUT2D eigenvalue weighted by molar-refractivity contribution is -0.118. The Hall–Kier alpha value is -2.87. The number of hydrogen-bond donors (Lipinski definition) is 2. The van der Waals surface area contributed by atoms with Gasteiger partial charge in [-0.25, -0.2) is 0 Å². The second-order valence-electron chi connectivity index (χ2n) is 7.82. The number of amides is 2. The molecule has 2 N–H and O–H groups in total. The molecule has 1 aliphatic rings. The Morgan fingerprint density at radius 2 is 1.81 bits per heavy atom. The summed E-state index contributed by atoms with van der Waals surface area (Å²) in [5.74, 6) is 1.38. The van der Waals surface area contributed by atoms with E-state index in [9.17, 15) is 9.59 Å². The van der Waals surface area contributed by atoms with Gasteiger partial charge in [0.2, 0.25) is 5.91 Å². The first-order valence-electron chi connectivity index (χ1n) is 10.8. The number of hydrogen-bond acceptors (Lipinski definition) is 5. The Balaban J connectivity index is 1.31. The van der Waals surface area contributed by atoms with E-state index in [0.717, 1.165) is 17.1 Å². The van der Waals surface area contributed by atoms with Crippen molar-refractivity contribution in [1.82, 2.24) is 25.2 Å². The molecule has 2 aromatic heterocycles. The molecule has 1 fully saturated rings. The predicted molar refractivity (Wildman–Crippen MR) is 121 cm³/mol. The Kier molecular flexibility index (Phi) is 7.19. The summed E-state index contributed by atoms with van der Waals surface area (Å²) < 4.78 is 1.84. The van der Waals surface area contributed by atoms with Crippen LogP contribution in [0.1, 0.15) is 48.3 Å². The van der Waals surface area contributed by atoms with E-state index in [1.165, 1.54) is 43.9 Å².